The van der Waals surface area contributed by atoms with Gasteiger partial charge < -0.3 is 18.9 Å². The van der Waals surface area contributed by atoms with E-state index in [0.717, 1.165) is 0 Å². The zero-order valence-electron chi connectivity index (χ0n) is 21.8. The van der Waals surface area contributed by atoms with E-state index in [4.69, 9.17) is 18.9 Å². The van der Waals surface area contributed by atoms with Crippen LogP contribution in [-0.2, 0) is 32.0 Å². The van der Waals surface area contributed by atoms with E-state index in [1.807, 2.05) is 0 Å². The first kappa shape index (κ1) is 27.9. The molecule has 0 aromatic heterocycles. The van der Waals surface area contributed by atoms with Crippen molar-refractivity contribution >= 4 is 23.9 Å². The second-order valence-electron chi connectivity index (χ2n) is 9.07. The second kappa shape index (κ2) is 11.1. The van der Waals surface area contributed by atoms with Gasteiger partial charge in [0.2, 0.25) is 0 Å². The van der Waals surface area contributed by atoms with Gasteiger partial charge in [-0.3, -0.25) is 0 Å². The molecule has 0 saturated heterocycles. The highest BCUT2D eigenvalue weighted by molar-refractivity contribution is 5.93. The summed E-state index contributed by atoms with van der Waals surface area (Å²) in [6.07, 6.45) is 0.802. The molecule has 196 valence electrons. The van der Waals surface area contributed by atoms with Crippen molar-refractivity contribution in [3.8, 4) is 34.1 Å². The molecule has 0 spiro atoms. The van der Waals surface area contributed by atoms with E-state index in [1.165, 1.54) is 39.8 Å². The molecule has 0 radical (unpaired) electrons. The Labute approximate surface area is 220 Å². The Morgan fingerprint density at radius 1 is 0.526 bits per heavy atom. The second-order valence-corrected chi connectivity index (χ2v) is 9.07. The van der Waals surface area contributed by atoms with E-state index in [-0.39, 0.29) is 45.3 Å². The summed E-state index contributed by atoms with van der Waals surface area (Å²) in [5.41, 5.74) is 3.06. The van der Waals surface area contributed by atoms with Crippen LogP contribution < -0.4 is 18.9 Å². The van der Waals surface area contributed by atoms with Gasteiger partial charge in [0.15, 0.2) is 0 Å². The van der Waals surface area contributed by atoms with Crippen molar-refractivity contribution in [2.75, 3.05) is 0 Å². The number of hydrogen-bond acceptors (Lipinski definition) is 8. The molecule has 0 N–H and O–H groups in total. The molecule has 8 heteroatoms. The third-order valence-corrected chi connectivity index (χ3v) is 5.50. The minimum atomic E-state index is -0.668. The predicted molar refractivity (Wildman–Crippen MR) is 141 cm³/mol. The largest absolute Gasteiger partial charge is 0.423 e. The van der Waals surface area contributed by atoms with E-state index < -0.39 is 23.9 Å². The van der Waals surface area contributed by atoms with E-state index >= 15 is 0 Å². The van der Waals surface area contributed by atoms with Crippen molar-refractivity contribution in [3.05, 3.63) is 84.0 Å². The van der Waals surface area contributed by atoms with Gasteiger partial charge in [-0.25, -0.2) is 19.2 Å². The fourth-order valence-electron chi connectivity index (χ4n) is 3.55. The molecule has 0 unspecified atom stereocenters. The Morgan fingerprint density at radius 3 is 1.11 bits per heavy atom. The maximum Gasteiger partial charge on any atom is 0.338 e. The Kier molecular flexibility index (Phi) is 8.16. The molecular weight excluding hydrogens is 488 g/mol. The first-order valence-electron chi connectivity index (χ1n) is 11.6. The van der Waals surface area contributed by atoms with Crippen LogP contribution in [0.2, 0.25) is 0 Å². The smallest absolute Gasteiger partial charge is 0.338 e. The predicted octanol–water partition coefficient (Wildman–Crippen LogP) is 5.38. The van der Waals surface area contributed by atoms with Gasteiger partial charge in [0.1, 0.15) is 23.0 Å². The van der Waals surface area contributed by atoms with Crippen molar-refractivity contribution in [1.29, 1.82) is 0 Å². The average molecular weight is 517 g/mol. The summed E-state index contributed by atoms with van der Waals surface area (Å²) in [6.45, 7) is 20.5. The quantitative estimate of drug-likeness (QED) is 0.262. The Balaban J connectivity index is 2.26. The topological polar surface area (TPSA) is 105 Å². The lowest BCUT2D eigenvalue weighted by molar-refractivity contribution is -0.131. The zero-order chi connectivity index (χ0) is 28.3. The van der Waals surface area contributed by atoms with E-state index in [0.29, 0.717) is 35.1 Å². The highest BCUT2D eigenvalue weighted by Gasteiger charge is 2.28. The monoisotopic (exact) mass is 516 g/mol. The summed E-state index contributed by atoms with van der Waals surface area (Å²) in [6, 6.07) is 6.08. The zero-order valence-corrected chi connectivity index (χ0v) is 21.8. The molecule has 2 aromatic rings. The number of carbonyl (C=O) groups is 4. The molecule has 1 aliphatic rings. The molecule has 0 aliphatic heterocycles. The molecule has 38 heavy (non-hydrogen) atoms. The minimum Gasteiger partial charge on any atom is -0.423 e. The van der Waals surface area contributed by atoms with E-state index in [2.05, 4.69) is 26.3 Å². The number of benzene rings is 2. The van der Waals surface area contributed by atoms with Crippen molar-refractivity contribution in [2.24, 2.45) is 0 Å². The SMILES string of the molecule is C=C(C)C(=O)Oc1cc(OC(=O)C(=C)C)c2c(c1)-c1cc(OC(=O)C(=C)C)cc(OC(=O)C(=C)C)c1CC2. The Bertz CT molecular complexity index is 1330. The number of esters is 4. The molecule has 0 saturated carbocycles. The summed E-state index contributed by atoms with van der Waals surface area (Å²) in [5, 5.41) is 0. The normalized spacial score (nSPS) is 11.3. The molecule has 8 nitrogen and oxygen atoms in total. The van der Waals surface area contributed by atoms with Gasteiger partial charge in [0, 0.05) is 45.6 Å². The summed E-state index contributed by atoms with van der Waals surface area (Å²) < 4.78 is 22.0. The molecule has 0 fully saturated rings. The molecule has 0 amide bonds. The Morgan fingerprint density at radius 2 is 0.816 bits per heavy atom. The van der Waals surface area contributed by atoms with Crippen LogP contribution in [0, 0.1) is 0 Å². The van der Waals surface area contributed by atoms with Crippen LogP contribution in [0.5, 0.6) is 23.0 Å². The third-order valence-electron chi connectivity index (χ3n) is 5.50. The molecule has 1 aliphatic carbocycles. The number of rotatable bonds is 8. The van der Waals surface area contributed by atoms with E-state index in [9.17, 15) is 19.2 Å². The van der Waals surface area contributed by atoms with Gasteiger partial charge in [0.25, 0.3) is 0 Å². The molecule has 2 aromatic carbocycles. The molecule has 0 bridgehead atoms. The van der Waals surface area contributed by atoms with Crippen LogP contribution in [0.1, 0.15) is 38.8 Å². The maximum absolute atomic E-state index is 12.4. The minimum absolute atomic E-state index is 0.0962. The van der Waals surface area contributed by atoms with Crippen molar-refractivity contribution in [1.82, 2.24) is 0 Å². The van der Waals surface area contributed by atoms with Crippen molar-refractivity contribution in [2.45, 2.75) is 40.5 Å². The lowest BCUT2D eigenvalue weighted by Crippen LogP contribution is -2.16. The fraction of sp³-hybridized carbons (Fsp3) is 0.200. The summed E-state index contributed by atoms with van der Waals surface area (Å²) >= 11 is 0. The highest BCUT2D eigenvalue weighted by Crippen LogP contribution is 2.46. The lowest BCUT2D eigenvalue weighted by Gasteiger charge is -2.25. The molecule has 3 rings (SSSR count). The number of carbonyl (C=O) groups excluding carboxylic acids is 4. The molecular formula is C30H28O8. The van der Waals surface area contributed by atoms with Crippen molar-refractivity contribution < 1.29 is 38.1 Å². The average Bonchev–Trinajstić information content (AvgIpc) is 2.83. The Hall–Kier alpha value is -4.72. The molecule has 0 atom stereocenters. The standard InChI is InChI=1S/C30H28O8/c1-15(2)27(31)35-19-11-23-21(25(13-19)37-29(33)17(5)6)9-10-22-24(23)12-20(36-28(32)16(3)4)14-26(22)38-30(34)18(7)8/h11-14H,1,3,5,7,9-10H2,2,4,6,8H3. The van der Waals surface area contributed by atoms with Crippen LogP contribution in [0.3, 0.4) is 0 Å². The van der Waals surface area contributed by atoms with Crippen LogP contribution in [-0.4, -0.2) is 23.9 Å². The summed E-state index contributed by atoms with van der Waals surface area (Å²) in [4.78, 5) is 49.3. The van der Waals surface area contributed by atoms with Crippen LogP contribution in [0.15, 0.2) is 72.9 Å². The van der Waals surface area contributed by atoms with E-state index in [1.54, 1.807) is 12.1 Å². The lowest BCUT2D eigenvalue weighted by atomic mass is 9.84. The van der Waals surface area contributed by atoms with Gasteiger partial charge in [-0.1, -0.05) is 26.3 Å². The van der Waals surface area contributed by atoms with Gasteiger partial charge >= 0.3 is 23.9 Å². The van der Waals surface area contributed by atoms with Gasteiger partial charge in [-0.05, 0) is 63.8 Å². The van der Waals surface area contributed by atoms with Gasteiger partial charge in [-0.15, -0.1) is 0 Å². The summed E-state index contributed by atoms with van der Waals surface area (Å²) in [5.74, 6) is -2.09. The first-order chi connectivity index (χ1) is 17.8. The van der Waals surface area contributed by atoms with Crippen LogP contribution in [0.4, 0.5) is 0 Å². The fourth-order valence-corrected chi connectivity index (χ4v) is 3.55. The number of hydrogen-bond donors (Lipinski definition) is 0. The van der Waals surface area contributed by atoms with Crippen molar-refractivity contribution in [3.63, 3.8) is 0 Å². The maximum atomic E-state index is 12.4. The third kappa shape index (κ3) is 6.15. The number of fused-ring (bicyclic) bond motifs is 3. The first-order valence-corrected chi connectivity index (χ1v) is 11.6. The van der Waals surface area contributed by atoms with Crippen LogP contribution >= 0.6 is 0 Å². The summed E-state index contributed by atoms with van der Waals surface area (Å²) in [7, 11) is 0. The van der Waals surface area contributed by atoms with Crippen LogP contribution in [0.25, 0.3) is 11.1 Å². The molecule has 0 heterocycles. The van der Waals surface area contributed by atoms with Gasteiger partial charge in [-0.2, -0.15) is 0 Å². The number of ether oxygens (including phenoxy) is 4. The van der Waals surface area contributed by atoms with Gasteiger partial charge in [0.05, 0.1) is 0 Å². The highest BCUT2D eigenvalue weighted by atomic mass is 16.6.